The summed E-state index contributed by atoms with van der Waals surface area (Å²) in [5.74, 6) is -1.07. The van der Waals surface area contributed by atoms with Gasteiger partial charge in [0.25, 0.3) is 10.0 Å². The molecule has 9 heteroatoms. The van der Waals surface area contributed by atoms with Crippen molar-refractivity contribution in [1.82, 2.24) is 0 Å². The van der Waals surface area contributed by atoms with Crippen LogP contribution >= 0.6 is 39.1 Å². The van der Waals surface area contributed by atoms with E-state index in [2.05, 4.69) is 20.7 Å². The lowest BCUT2D eigenvalue weighted by Gasteiger charge is -2.12. The molecule has 0 aliphatic carbocycles. The van der Waals surface area contributed by atoms with Crippen LogP contribution in [0.25, 0.3) is 0 Å². The van der Waals surface area contributed by atoms with Crippen molar-refractivity contribution in [3.8, 4) is 0 Å². The van der Waals surface area contributed by atoms with Gasteiger partial charge in [0, 0.05) is 9.50 Å². The van der Waals surface area contributed by atoms with Gasteiger partial charge in [-0.1, -0.05) is 39.1 Å². The summed E-state index contributed by atoms with van der Waals surface area (Å²) in [6, 6.07) is 6.68. The maximum Gasteiger partial charge on any atom is 0.264 e. The third-order valence-electron chi connectivity index (χ3n) is 2.49. The monoisotopic (exact) mass is 412 g/mol. The molecule has 3 N–H and O–H groups in total. The minimum atomic E-state index is -4.22. The van der Waals surface area contributed by atoms with Crippen LogP contribution in [0.5, 0.6) is 0 Å². The number of hydrogen-bond acceptors (Lipinski definition) is 3. The maximum absolute atomic E-state index is 13.9. The van der Waals surface area contributed by atoms with E-state index in [1.807, 2.05) is 0 Å². The largest absolute Gasteiger partial charge is 0.396 e. The molecule has 0 atom stereocenters. The van der Waals surface area contributed by atoms with E-state index < -0.39 is 20.7 Å². The first-order valence-corrected chi connectivity index (χ1v) is 8.46. The molecule has 2 aromatic carbocycles. The first kappa shape index (κ1) is 16.4. The Balaban J connectivity index is 2.51. The summed E-state index contributed by atoms with van der Waals surface area (Å²) >= 11 is 14.8. The first-order valence-electron chi connectivity index (χ1n) is 5.43. The Morgan fingerprint density at radius 1 is 1.19 bits per heavy atom. The zero-order valence-corrected chi connectivity index (χ0v) is 14.1. The van der Waals surface area contributed by atoms with E-state index in [1.54, 1.807) is 6.07 Å². The standard InChI is InChI=1S/C12H8BrCl2FN2O2S/c13-6-1-2-8(15)10(3-6)18-21(19,20)11-5-7(14)4-9(17)12(11)16/h1-5,18H,17H2. The van der Waals surface area contributed by atoms with Gasteiger partial charge in [-0.25, -0.2) is 12.8 Å². The van der Waals surface area contributed by atoms with E-state index in [0.29, 0.717) is 4.47 Å². The van der Waals surface area contributed by atoms with Crippen molar-refractivity contribution in [2.45, 2.75) is 4.90 Å². The van der Waals surface area contributed by atoms with Crippen LogP contribution in [-0.4, -0.2) is 8.42 Å². The molecule has 0 spiro atoms. The van der Waals surface area contributed by atoms with Crippen LogP contribution in [0.1, 0.15) is 0 Å². The molecule has 0 saturated heterocycles. The number of hydrogen-bond donors (Lipinski definition) is 2. The van der Waals surface area contributed by atoms with Crippen molar-refractivity contribution >= 4 is 60.5 Å². The van der Waals surface area contributed by atoms with Crippen molar-refractivity contribution < 1.29 is 12.8 Å². The highest BCUT2D eigenvalue weighted by atomic mass is 79.9. The molecule has 0 amide bonds. The molecule has 21 heavy (non-hydrogen) atoms. The van der Waals surface area contributed by atoms with Gasteiger partial charge in [0.05, 0.1) is 16.4 Å². The van der Waals surface area contributed by atoms with Gasteiger partial charge in [-0.15, -0.1) is 0 Å². The van der Waals surface area contributed by atoms with Crippen molar-refractivity contribution in [1.29, 1.82) is 0 Å². The number of nitrogens with one attached hydrogen (secondary N) is 1. The van der Waals surface area contributed by atoms with Gasteiger partial charge in [-0.05, 0) is 30.3 Å². The highest BCUT2D eigenvalue weighted by Gasteiger charge is 2.23. The molecular formula is C12H8BrCl2FN2O2S. The van der Waals surface area contributed by atoms with Gasteiger partial charge < -0.3 is 5.73 Å². The smallest absolute Gasteiger partial charge is 0.264 e. The molecule has 0 unspecified atom stereocenters. The Hall–Kier alpha value is -1.02. The fourth-order valence-electron chi connectivity index (χ4n) is 1.56. The van der Waals surface area contributed by atoms with Crippen LogP contribution in [0.4, 0.5) is 15.8 Å². The van der Waals surface area contributed by atoms with Gasteiger partial charge in [-0.2, -0.15) is 0 Å². The maximum atomic E-state index is 13.9. The number of nitrogen functional groups attached to an aromatic ring is 1. The molecule has 2 aromatic rings. The quantitative estimate of drug-likeness (QED) is 0.737. The second-order valence-electron chi connectivity index (χ2n) is 4.04. The third-order valence-corrected chi connectivity index (χ3v) is 4.90. The zero-order valence-electron chi connectivity index (χ0n) is 10.2. The van der Waals surface area contributed by atoms with E-state index >= 15 is 0 Å². The van der Waals surface area contributed by atoms with Crippen LogP contribution in [-0.2, 0) is 10.0 Å². The lowest BCUT2D eigenvalue weighted by Crippen LogP contribution is -2.15. The number of nitrogens with two attached hydrogens (primary N) is 1. The number of anilines is 2. The van der Waals surface area contributed by atoms with Crippen LogP contribution in [0.3, 0.4) is 0 Å². The number of rotatable bonds is 3. The molecule has 0 fully saturated rings. The molecule has 0 aromatic heterocycles. The molecule has 2 rings (SSSR count). The van der Waals surface area contributed by atoms with Crippen LogP contribution in [0.2, 0.25) is 10.0 Å². The van der Waals surface area contributed by atoms with Gasteiger partial charge in [0.15, 0.2) is 5.82 Å². The van der Waals surface area contributed by atoms with E-state index in [9.17, 15) is 12.8 Å². The zero-order chi connectivity index (χ0) is 15.8. The Kier molecular flexibility index (Phi) is 4.67. The van der Waals surface area contributed by atoms with Gasteiger partial charge in [0.1, 0.15) is 4.90 Å². The molecule has 0 heterocycles. The Morgan fingerprint density at radius 3 is 2.52 bits per heavy atom. The Morgan fingerprint density at radius 2 is 1.86 bits per heavy atom. The summed E-state index contributed by atoms with van der Waals surface area (Å²) < 4.78 is 41.2. The third kappa shape index (κ3) is 3.60. The van der Waals surface area contributed by atoms with Crippen molar-refractivity contribution in [2.75, 3.05) is 10.5 Å². The molecule has 0 aliphatic heterocycles. The van der Waals surface area contributed by atoms with E-state index in [1.165, 1.54) is 12.1 Å². The number of halogens is 4. The fraction of sp³-hybridized carbons (Fsp3) is 0. The van der Waals surface area contributed by atoms with Gasteiger partial charge in [-0.3, -0.25) is 4.72 Å². The molecule has 112 valence electrons. The molecule has 0 aliphatic rings. The summed E-state index contributed by atoms with van der Waals surface area (Å²) in [5, 5.41) is 0.173. The van der Waals surface area contributed by atoms with Gasteiger partial charge in [0.2, 0.25) is 0 Å². The van der Waals surface area contributed by atoms with Crippen LogP contribution in [0.15, 0.2) is 39.7 Å². The molecule has 0 bridgehead atoms. The second-order valence-corrected chi connectivity index (χ2v) is 7.45. The minimum Gasteiger partial charge on any atom is -0.396 e. The number of benzene rings is 2. The normalized spacial score (nSPS) is 11.4. The average Bonchev–Trinajstić information content (AvgIpc) is 2.37. The Labute approximate surface area is 139 Å². The van der Waals surface area contributed by atoms with Gasteiger partial charge >= 0.3 is 0 Å². The predicted octanol–water partition coefficient (Wildman–Crippen LogP) is 4.28. The number of sulfonamides is 1. The highest BCUT2D eigenvalue weighted by molar-refractivity contribution is 9.10. The first-order chi connectivity index (χ1) is 9.70. The fourth-order valence-corrected chi connectivity index (χ4v) is 3.63. The molecule has 0 radical (unpaired) electrons. The lowest BCUT2D eigenvalue weighted by atomic mass is 10.3. The predicted molar refractivity (Wildman–Crippen MR) is 85.8 cm³/mol. The topological polar surface area (TPSA) is 72.2 Å². The average molecular weight is 414 g/mol. The highest BCUT2D eigenvalue weighted by Crippen LogP contribution is 2.30. The SMILES string of the molecule is Nc1cc(Cl)cc(S(=O)(=O)Nc2cc(Br)ccc2Cl)c1F. The van der Waals surface area contributed by atoms with E-state index in [4.69, 9.17) is 28.9 Å². The van der Waals surface area contributed by atoms with Crippen molar-refractivity contribution in [3.63, 3.8) is 0 Å². The van der Waals surface area contributed by atoms with Crippen LogP contribution in [0, 0.1) is 5.82 Å². The van der Waals surface area contributed by atoms with Crippen LogP contribution < -0.4 is 10.5 Å². The lowest BCUT2D eigenvalue weighted by molar-refractivity contribution is 0.573. The van der Waals surface area contributed by atoms with Crippen molar-refractivity contribution in [3.05, 3.63) is 50.7 Å². The summed E-state index contributed by atoms with van der Waals surface area (Å²) in [6.07, 6.45) is 0. The van der Waals surface area contributed by atoms with E-state index in [0.717, 1.165) is 12.1 Å². The minimum absolute atomic E-state index is 0.00890. The molecule has 0 saturated carbocycles. The summed E-state index contributed by atoms with van der Waals surface area (Å²) in [7, 11) is -4.22. The Bertz CT molecular complexity index is 815. The van der Waals surface area contributed by atoms with E-state index in [-0.39, 0.29) is 21.4 Å². The summed E-state index contributed by atoms with van der Waals surface area (Å²) in [4.78, 5) is -0.649. The second kappa shape index (κ2) is 6.00. The molecule has 4 nitrogen and oxygen atoms in total. The summed E-state index contributed by atoms with van der Waals surface area (Å²) in [5.41, 5.74) is 5.12. The molecular weight excluding hydrogens is 406 g/mol. The van der Waals surface area contributed by atoms with Crippen molar-refractivity contribution in [2.24, 2.45) is 0 Å². The summed E-state index contributed by atoms with van der Waals surface area (Å²) in [6.45, 7) is 0.